The molecule has 0 radical (unpaired) electrons. The molecule has 2 aliphatic rings. The van der Waals surface area contributed by atoms with Crippen LogP contribution in [0.5, 0.6) is 0 Å². The summed E-state index contributed by atoms with van der Waals surface area (Å²) in [6, 6.07) is 0.640. The predicted octanol–water partition coefficient (Wildman–Crippen LogP) is 3.86. The predicted molar refractivity (Wildman–Crippen MR) is 74.2 cm³/mol. The molecule has 2 aromatic rings. The summed E-state index contributed by atoms with van der Waals surface area (Å²) in [5, 5.41) is 11.8. The van der Waals surface area contributed by atoms with Crippen LogP contribution < -0.4 is 0 Å². The van der Waals surface area contributed by atoms with Gasteiger partial charge in [0.1, 0.15) is 10.4 Å². The van der Waals surface area contributed by atoms with Crippen LogP contribution in [0.2, 0.25) is 0 Å². The first-order valence-corrected chi connectivity index (χ1v) is 8.54. The van der Waals surface area contributed by atoms with Crippen LogP contribution in [0.4, 0.5) is 0 Å². The molecule has 2 aliphatic carbocycles. The molecule has 0 N–H and O–H groups in total. The molecule has 7 heteroatoms. The lowest BCUT2D eigenvalue weighted by atomic mass is 10.4. The van der Waals surface area contributed by atoms with E-state index in [1.54, 1.807) is 23.1 Å². The van der Waals surface area contributed by atoms with Crippen LogP contribution in [0, 0.1) is 0 Å². The van der Waals surface area contributed by atoms with Gasteiger partial charge in [0, 0.05) is 17.3 Å². The first-order valence-electron chi connectivity index (χ1n) is 6.05. The highest BCUT2D eigenvalue weighted by molar-refractivity contribution is 9.10. The molecule has 0 aromatic carbocycles. The summed E-state index contributed by atoms with van der Waals surface area (Å²) in [6.45, 7) is 0. The Morgan fingerprint density at radius 3 is 2.72 bits per heavy atom. The van der Waals surface area contributed by atoms with Crippen LogP contribution in [-0.4, -0.2) is 19.7 Å². The molecule has 0 saturated heterocycles. The summed E-state index contributed by atoms with van der Waals surface area (Å²) in [5.74, 6) is 1.87. The van der Waals surface area contributed by atoms with E-state index in [2.05, 4.69) is 35.7 Å². The molecule has 0 bridgehead atoms. The summed E-state index contributed by atoms with van der Waals surface area (Å²) in [7, 11) is 0. The summed E-state index contributed by atoms with van der Waals surface area (Å²) in [5.41, 5.74) is 0. The van der Waals surface area contributed by atoms with Crippen LogP contribution >= 0.6 is 39.0 Å². The van der Waals surface area contributed by atoms with Crippen LogP contribution in [0.1, 0.15) is 43.5 Å². The molecule has 0 unspecified atom stereocenters. The van der Waals surface area contributed by atoms with Crippen molar-refractivity contribution in [1.82, 2.24) is 19.7 Å². The zero-order valence-electron chi connectivity index (χ0n) is 9.54. The zero-order chi connectivity index (χ0) is 12.1. The van der Waals surface area contributed by atoms with Crippen LogP contribution in [0.3, 0.4) is 0 Å². The van der Waals surface area contributed by atoms with Gasteiger partial charge in [-0.1, -0.05) is 0 Å². The number of rotatable bonds is 4. The smallest absolute Gasteiger partial charge is 0.198 e. The first-order chi connectivity index (χ1) is 8.81. The van der Waals surface area contributed by atoms with Gasteiger partial charge in [-0.25, -0.2) is 4.98 Å². The van der Waals surface area contributed by atoms with Crippen molar-refractivity contribution in [3.63, 3.8) is 0 Å². The highest BCUT2D eigenvalue weighted by Gasteiger charge is 2.36. The average Bonchev–Trinajstić information content (AvgIpc) is 3.27. The lowest BCUT2D eigenvalue weighted by molar-refractivity contribution is 0.627. The first kappa shape index (κ1) is 11.4. The van der Waals surface area contributed by atoms with E-state index in [1.807, 2.05) is 5.38 Å². The lowest BCUT2D eigenvalue weighted by Gasteiger charge is -2.06. The largest absolute Gasteiger partial charge is 0.302 e. The summed E-state index contributed by atoms with van der Waals surface area (Å²) in [6.07, 6.45) is 5.09. The Kier molecular flexibility index (Phi) is 2.74. The van der Waals surface area contributed by atoms with Crippen molar-refractivity contribution in [2.75, 3.05) is 0 Å². The SMILES string of the molecule is Brc1csc(Sc2nnc(C3CC3)n2C2CC2)n1. The minimum Gasteiger partial charge on any atom is -0.302 e. The standard InChI is InChI=1S/C11H11BrN4S2/c12-8-5-17-11(13-8)18-10-15-14-9(6-1-2-6)16(10)7-3-4-7/h5-7H,1-4H2. The molecule has 0 amide bonds. The van der Waals surface area contributed by atoms with E-state index in [4.69, 9.17) is 0 Å². The van der Waals surface area contributed by atoms with Crippen molar-refractivity contribution in [1.29, 1.82) is 0 Å². The minimum atomic E-state index is 0.640. The molecule has 4 rings (SSSR count). The Labute approximate surface area is 121 Å². The third-order valence-corrected chi connectivity index (χ3v) is 5.79. The van der Waals surface area contributed by atoms with Crippen LogP contribution in [0.15, 0.2) is 19.5 Å². The quantitative estimate of drug-likeness (QED) is 0.846. The van der Waals surface area contributed by atoms with Crippen LogP contribution in [-0.2, 0) is 0 Å². The van der Waals surface area contributed by atoms with E-state index in [0.29, 0.717) is 12.0 Å². The Bertz CT molecular complexity index is 586. The van der Waals surface area contributed by atoms with E-state index in [0.717, 1.165) is 14.1 Å². The number of aromatic nitrogens is 4. The van der Waals surface area contributed by atoms with Crippen molar-refractivity contribution in [2.24, 2.45) is 0 Å². The highest BCUT2D eigenvalue weighted by atomic mass is 79.9. The Balaban J connectivity index is 1.67. The Morgan fingerprint density at radius 1 is 1.28 bits per heavy atom. The van der Waals surface area contributed by atoms with Gasteiger partial charge in [-0.2, -0.15) is 0 Å². The van der Waals surface area contributed by atoms with Gasteiger partial charge >= 0.3 is 0 Å². The van der Waals surface area contributed by atoms with Gasteiger partial charge in [0.15, 0.2) is 9.50 Å². The van der Waals surface area contributed by atoms with Gasteiger partial charge in [0.25, 0.3) is 0 Å². The second-order valence-electron chi connectivity index (χ2n) is 4.75. The van der Waals surface area contributed by atoms with Crippen molar-refractivity contribution in [3.8, 4) is 0 Å². The molecule has 2 heterocycles. The third kappa shape index (κ3) is 2.12. The van der Waals surface area contributed by atoms with E-state index < -0.39 is 0 Å². The summed E-state index contributed by atoms with van der Waals surface area (Å²) in [4.78, 5) is 4.41. The summed E-state index contributed by atoms with van der Waals surface area (Å²) < 4.78 is 4.28. The van der Waals surface area contributed by atoms with E-state index >= 15 is 0 Å². The fourth-order valence-corrected chi connectivity index (χ4v) is 4.40. The van der Waals surface area contributed by atoms with Gasteiger partial charge < -0.3 is 4.57 Å². The molecule has 2 aromatic heterocycles. The van der Waals surface area contributed by atoms with Crippen molar-refractivity contribution >= 4 is 39.0 Å². The summed E-state index contributed by atoms with van der Waals surface area (Å²) >= 11 is 6.67. The van der Waals surface area contributed by atoms with E-state index in [1.165, 1.54) is 31.5 Å². The van der Waals surface area contributed by atoms with Gasteiger partial charge in [0.2, 0.25) is 0 Å². The van der Waals surface area contributed by atoms with Crippen LogP contribution in [0.25, 0.3) is 0 Å². The fraction of sp³-hybridized carbons (Fsp3) is 0.545. The molecule has 4 nitrogen and oxygen atoms in total. The van der Waals surface area contributed by atoms with Crippen molar-refractivity contribution in [3.05, 3.63) is 15.8 Å². The molecule has 94 valence electrons. The van der Waals surface area contributed by atoms with Crippen molar-refractivity contribution < 1.29 is 0 Å². The lowest BCUT2D eigenvalue weighted by Crippen LogP contribution is -2.01. The molecule has 2 saturated carbocycles. The number of nitrogens with zero attached hydrogens (tertiary/aromatic N) is 4. The number of halogens is 1. The molecular formula is C11H11BrN4S2. The number of hydrogen-bond donors (Lipinski definition) is 0. The maximum Gasteiger partial charge on any atom is 0.198 e. The number of hydrogen-bond acceptors (Lipinski definition) is 5. The molecule has 18 heavy (non-hydrogen) atoms. The van der Waals surface area contributed by atoms with Crippen molar-refractivity contribution in [2.45, 2.75) is 47.1 Å². The molecule has 2 fully saturated rings. The fourth-order valence-electron chi connectivity index (χ4n) is 2.02. The zero-order valence-corrected chi connectivity index (χ0v) is 12.8. The van der Waals surface area contributed by atoms with Gasteiger partial charge in [-0.15, -0.1) is 21.5 Å². The van der Waals surface area contributed by atoms with Gasteiger partial charge in [-0.05, 0) is 53.4 Å². The van der Waals surface area contributed by atoms with E-state index in [9.17, 15) is 0 Å². The molecule has 0 spiro atoms. The van der Waals surface area contributed by atoms with E-state index in [-0.39, 0.29) is 0 Å². The maximum atomic E-state index is 4.41. The average molecular weight is 343 g/mol. The topological polar surface area (TPSA) is 43.6 Å². The Morgan fingerprint density at radius 2 is 2.11 bits per heavy atom. The normalized spacial score (nSPS) is 19.4. The van der Waals surface area contributed by atoms with Gasteiger partial charge in [0.05, 0.1) is 0 Å². The molecule has 0 atom stereocenters. The number of thiazole rings is 1. The molecular weight excluding hydrogens is 332 g/mol. The third-order valence-electron chi connectivity index (χ3n) is 3.18. The maximum absolute atomic E-state index is 4.41. The second-order valence-corrected chi connectivity index (χ2v) is 7.64. The second kappa shape index (κ2) is 4.31. The minimum absolute atomic E-state index is 0.640. The van der Waals surface area contributed by atoms with Gasteiger partial charge in [-0.3, -0.25) is 0 Å². The monoisotopic (exact) mass is 342 g/mol. The molecule has 0 aliphatic heterocycles. The highest BCUT2D eigenvalue weighted by Crippen LogP contribution is 2.46. The Hall–Kier alpha value is -0.400.